The first-order valence-corrected chi connectivity index (χ1v) is 10.4. The summed E-state index contributed by atoms with van der Waals surface area (Å²) < 4.78 is 1.99. The first-order valence-electron chi connectivity index (χ1n) is 10.4. The summed E-state index contributed by atoms with van der Waals surface area (Å²) in [6.45, 7) is 2.93. The minimum absolute atomic E-state index is 0.482. The van der Waals surface area contributed by atoms with Crippen molar-refractivity contribution >= 4 is 33.6 Å². The fourth-order valence-electron chi connectivity index (χ4n) is 3.81. The maximum absolute atomic E-state index is 5.97. The van der Waals surface area contributed by atoms with Crippen LogP contribution < -0.4 is 11.1 Å². The quantitative estimate of drug-likeness (QED) is 0.437. The van der Waals surface area contributed by atoms with Gasteiger partial charge >= 0.3 is 0 Å². The minimum Gasteiger partial charge on any atom is -0.383 e. The molecule has 4 aromatic heterocycles. The molecule has 0 saturated heterocycles. The number of nitrogen functional groups attached to an aromatic ring is 1. The van der Waals surface area contributed by atoms with Crippen molar-refractivity contribution in [2.24, 2.45) is 0 Å². The van der Waals surface area contributed by atoms with Gasteiger partial charge in [-0.1, -0.05) is 12.1 Å². The number of aryl methyl sites for hydroxylation is 2. The van der Waals surface area contributed by atoms with Crippen LogP contribution in [0.2, 0.25) is 0 Å². The summed E-state index contributed by atoms with van der Waals surface area (Å²) >= 11 is 0. The summed E-state index contributed by atoms with van der Waals surface area (Å²) in [5.74, 6) is 1.39. The summed E-state index contributed by atoms with van der Waals surface area (Å²) in [5.41, 5.74) is 11.1. The van der Waals surface area contributed by atoms with Gasteiger partial charge in [0.25, 0.3) is 0 Å². The Kier molecular flexibility index (Phi) is 4.92. The van der Waals surface area contributed by atoms with Crippen LogP contribution in [0.5, 0.6) is 0 Å². The number of hydrogen-bond donors (Lipinski definition) is 2. The average Bonchev–Trinajstić information content (AvgIpc) is 3.23. The average molecular weight is 409 g/mol. The van der Waals surface area contributed by atoms with E-state index in [0.29, 0.717) is 5.82 Å². The van der Waals surface area contributed by atoms with Crippen LogP contribution >= 0.6 is 0 Å². The van der Waals surface area contributed by atoms with Crippen molar-refractivity contribution < 1.29 is 0 Å². The highest BCUT2D eigenvalue weighted by molar-refractivity contribution is 5.87. The molecule has 5 rings (SSSR count). The Bertz CT molecular complexity index is 1370. The second kappa shape index (κ2) is 8.02. The molecule has 0 atom stereocenters. The van der Waals surface area contributed by atoms with Crippen LogP contribution in [-0.2, 0) is 12.8 Å². The molecule has 7 heteroatoms. The Labute approximate surface area is 180 Å². The highest BCUT2D eigenvalue weighted by Crippen LogP contribution is 2.22. The molecule has 4 heterocycles. The van der Waals surface area contributed by atoms with E-state index in [-0.39, 0.29) is 0 Å². The summed E-state index contributed by atoms with van der Waals surface area (Å²) in [5, 5.41) is 5.26. The van der Waals surface area contributed by atoms with E-state index in [0.717, 1.165) is 58.4 Å². The second-order valence-electron chi connectivity index (χ2n) is 7.49. The molecule has 0 fully saturated rings. The molecule has 3 N–H and O–H groups in total. The number of anilines is 2. The maximum Gasteiger partial charge on any atom is 0.150 e. The molecular formula is C24H23N7. The number of fused-ring (bicyclic) bond motifs is 2. The number of nitrogens with two attached hydrogens (primary N) is 1. The van der Waals surface area contributed by atoms with Gasteiger partial charge in [-0.3, -0.25) is 9.55 Å². The van der Waals surface area contributed by atoms with Gasteiger partial charge in [0, 0.05) is 24.3 Å². The first-order chi connectivity index (χ1) is 15.2. The van der Waals surface area contributed by atoms with Crippen molar-refractivity contribution in [1.82, 2.24) is 24.5 Å². The van der Waals surface area contributed by atoms with E-state index < -0.39 is 0 Å². The lowest BCUT2D eigenvalue weighted by Gasteiger charge is -2.08. The molecule has 1 aromatic carbocycles. The monoisotopic (exact) mass is 409 g/mol. The van der Waals surface area contributed by atoms with Crippen molar-refractivity contribution in [3.8, 4) is 5.69 Å². The molecule has 0 aliphatic rings. The summed E-state index contributed by atoms with van der Waals surface area (Å²) in [7, 11) is 0. The lowest BCUT2D eigenvalue weighted by molar-refractivity contribution is 0.941. The van der Waals surface area contributed by atoms with Gasteiger partial charge in [0.1, 0.15) is 23.6 Å². The molecule has 0 bridgehead atoms. The number of pyridine rings is 2. The van der Waals surface area contributed by atoms with Crippen molar-refractivity contribution in [2.75, 3.05) is 17.6 Å². The van der Waals surface area contributed by atoms with Gasteiger partial charge in [0.2, 0.25) is 0 Å². The predicted octanol–water partition coefficient (Wildman–Crippen LogP) is 4.16. The van der Waals surface area contributed by atoms with Gasteiger partial charge in [-0.15, -0.1) is 0 Å². The number of benzene rings is 1. The van der Waals surface area contributed by atoms with E-state index in [2.05, 4.69) is 57.5 Å². The number of hydrogen-bond acceptors (Lipinski definition) is 6. The van der Waals surface area contributed by atoms with Crippen LogP contribution in [0.25, 0.3) is 27.6 Å². The largest absolute Gasteiger partial charge is 0.383 e. The Morgan fingerprint density at radius 3 is 2.74 bits per heavy atom. The van der Waals surface area contributed by atoms with Crippen molar-refractivity contribution in [3.63, 3.8) is 0 Å². The molecule has 0 unspecified atom stereocenters. The number of rotatable bonds is 6. The molecule has 5 aromatic rings. The van der Waals surface area contributed by atoms with Gasteiger partial charge in [0.15, 0.2) is 0 Å². The standard InChI is InChI=1S/C24H23N7/c1-2-27-22-8-7-18-6-5-16(12-21(18)30-22)3-4-17-11-19(14-26-13-17)31-10-9-20-23(25)28-15-29-24(20)31/h5-15H,2-4H2,1H3,(H,27,30)(H2,25,28,29). The van der Waals surface area contributed by atoms with Gasteiger partial charge in [-0.2, -0.15) is 0 Å². The van der Waals surface area contributed by atoms with Crippen molar-refractivity contribution in [3.05, 3.63) is 78.5 Å². The third-order valence-electron chi connectivity index (χ3n) is 5.39. The minimum atomic E-state index is 0.482. The molecular weight excluding hydrogens is 386 g/mol. The van der Waals surface area contributed by atoms with E-state index in [9.17, 15) is 0 Å². The van der Waals surface area contributed by atoms with E-state index in [1.165, 1.54) is 11.9 Å². The number of nitrogens with zero attached hydrogens (tertiary/aromatic N) is 5. The Morgan fingerprint density at radius 2 is 1.84 bits per heavy atom. The van der Waals surface area contributed by atoms with Crippen LogP contribution in [0, 0.1) is 0 Å². The molecule has 0 aliphatic heterocycles. The smallest absolute Gasteiger partial charge is 0.150 e. The third-order valence-corrected chi connectivity index (χ3v) is 5.39. The topological polar surface area (TPSA) is 94.5 Å². The van der Waals surface area contributed by atoms with E-state index in [1.807, 2.05) is 35.3 Å². The lowest BCUT2D eigenvalue weighted by atomic mass is 10.0. The Hall–Kier alpha value is -4.00. The zero-order chi connectivity index (χ0) is 21.2. The van der Waals surface area contributed by atoms with Gasteiger partial charge < -0.3 is 11.1 Å². The van der Waals surface area contributed by atoms with E-state index in [4.69, 9.17) is 10.7 Å². The highest BCUT2D eigenvalue weighted by Gasteiger charge is 2.09. The fourth-order valence-corrected chi connectivity index (χ4v) is 3.81. The molecule has 154 valence electrons. The zero-order valence-electron chi connectivity index (χ0n) is 17.3. The maximum atomic E-state index is 5.97. The number of nitrogens with one attached hydrogen (secondary N) is 1. The molecule has 0 spiro atoms. The summed E-state index contributed by atoms with van der Waals surface area (Å²) in [4.78, 5) is 17.6. The van der Waals surface area contributed by atoms with Crippen LogP contribution in [-0.4, -0.2) is 31.0 Å². The third kappa shape index (κ3) is 3.77. The van der Waals surface area contributed by atoms with E-state index >= 15 is 0 Å². The molecule has 7 nitrogen and oxygen atoms in total. The number of aromatic nitrogens is 5. The Morgan fingerprint density at radius 1 is 0.968 bits per heavy atom. The van der Waals surface area contributed by atoms with E-state index in [1.54, 1.807) is 0 Å². The van der Waals surface area contributed by atoms with Crippen LogP contribution in [0.15, 0.2) is 67.4 Å². The molecule has 0 aliphatic carbocycles. The first kappa shape index (κ1) is 19.0. The molecule has 0 saturated carbocycles. The van der Waals surface area contributed by atoms with Gasteiger partial charge in [-0.25, -0.2) is 15.0 Å². The molecule has 0 amide bonds. The summed E-state index contributed by atoms with van der Waals surface area (Å²) in [6, 6.07) is 14.7. The lowest BCUT2D eigenvalue weighted by Crippen LogP contribution is -2.00. The van der Waals surface area contributed by atoms with Crippen LogP contribution in [0.4, 0.5) is 11.6 Å². The zero-order valence-corrected chi connectivity index (χ0v) is 17.3. The Balaban J connectivity index is 1.38. The molecule has 0 radical (unpaired) electrons. The van der Waals surface area contributed by atoms with Crippen molar-refractivity contribution in [1.29, 1.82) is 0 Å². The van der Waals surface area contributed by atoms with Crippen LogP contribution in [0.3, 0.4) is 0 Å². The summed E-state index contributed by atoms with van der Waals surface area (Å²) in [6.07, 6.45) is 8.99. The highest BCUT2D eigenvalue weighted by atomic mass is 15.1. The predicted molar refractivity (Wildman–Crippen MR) is 124 cm³/mol. The fraction of sp³-hybridized carbons (Fsp3) is 0.167. The van der Waals surface area contributed by atoms with Crippen LogP contribution in [0.1, 0.15) is 18.1 Å². The normalized spacial score (nSPS) is 11.3. The van der Waals surface area contributed by atoms with Gasteiger partial charge in [0.05, 0.1) is 22.8 Å². The molecule has 31 heavy (non-hydrogen) atoms. The van der Waals surface area contributed by atoms with Crippen molar-refractivity contribution in [2.45, 2.75) is 19.8 Å². The second-order valence-corrected chi connectivity index (χ2v) is 7.49. The SMILES string of the molecule is CCNc1ccc2ccc(CCc3cncc(-n4ccc5c(N)ncnc54)c3)cc2n1. The van der Waals surface area contributed by atoms with Gasteiger partial charge in [-0.05, 0) is 61.2 Å².